The maximum Gasteiger partial charge on any atom is 0.191 e. The second-order valence-corrected chi connectivity index (χ2v) is 7.70. The van der Waals surface area contributed by atoms with Crippen molar-refractivity contribution in [1.82, 2.24) is 10.6 Å². The van der Waals surface area contributed by atoms with Crippen LogP contribution >= 0.6 is 11.8 Å². The zero-order valence-corrected chi connectivity index (χ0v) is 14.9. The van der Waals surface area contributed by atoms with Gasteiger partial charge in [-0.05, 0) is 38.4 Å². The molecule has 0 saturated carbocycles. The number of hydrogen-bond acceptors (Lipinski definition) is 3. The van der Waals surface area contributed by atoms with Crippen LogP contribution in [0.15, 0.2) is 4.99 Å². The zero-order valence-electron chi connectivity index (χ0n) is 14.1. The summed E-state index contributed by atoms with van der Waals surface area (Å²) in [6.45, 7) is 10.1. The summed E-state index contributed by atoms with van der Waals surface area (Å²) in [7, 11) is 0. The molecule has 21 heavy (non-hydrogen) atoms. The molecule has 0 radical (unpaired) electrons. The van der Waals surface area contributed by atoms with E-state index in [1.54, 1.807) is 0 Å². The molecule has 0 aliphatic carbocycles. The first-order valence-electron chi connectivity index (χ1n) is 8.30. The summed E-state index contributed by atoms with van der Waals surface area (Å²) in [6.07, 6.45) is 4.52. The van der Waals surface area contributed by atoms with Crippen LogP contribution < -0.4 is 10.6 Å². The largest absolute Gasteiger partial charge is 0.387 e. The van der Waals surface area contributed by atoms with Crippen LogP contribution in [-0.4, -0.2) is 47.3 Å². The SMILES string of the molecule is CCNC(=NCC1(O)CCSC1)NC(C)CCCC(C)C. The van der Waals surface area contributed by atoms with Gasteiger partial charge in [-0.15, -0.1) is 0 Å². The highest BCUT2D eigenvalue weighted by Crippen LogP contribution is 2.27. The van der Waals surface area contributed by atoms with E-state index in [-0.39, 0.29) is 0 Å². The summed E-state index contributed by atoms with van der Waals surface area (Å²) in [5.41, 5.74) is -0.603. The van der Waals surface area contributed by atoms with E-state index in [1.807, 2.05) is 11.8 Å². The van der Waals surface area contributed by atoms with Crippen molar-refractivity contribution in [3.63, 3.8) is 0 Å². The average molecular weight is 316 g/mol. The van der Waals surface area contributed by atoms with Crippen LogP contribution in [0.1, 0.15) is 53.4 Å². The molecule has 1 aliphatic heterocycles. The predicted molar refractivity (Wildman–Crippen MR) is 94.2 cm³/mol. The van der Waals surface area contributed by atoms with E-state index < -0.39 is 5.60 Å². The highest BCUT2D eigenvalue weighted by Gasteiger charge is 2.31. The fraction of sp³-hybridized carbons (Fsp3) is 0.938. The molecule has 0 aromatic carbocycles. The zero-order chi connectivity index (χ0) is 15.7. The standard InChI is InChI=1S/C16H33N3OS/c1-5-17-15(18-11-16(20)9-10-21-12-16)19-14(4)8-6-7-13(2)3/h13-14,20H,5-12H2,1-4H3,(H2,17,18,19). The molecule has 124 valence electrons. The van der Waals surface area contributed by atoms with Gasteiger partial charge in [0.15, 0.2) is 5.96 Å². The van der Waals surface area contributed by atoms with Gasteiger partial charge in [0.05, 0.1) is 12.1 Å². The van der Waals surface area contributed by atoms with Crippen molar-refractivity contribution in [3.8, 4) is 0 Å². The number of thioether (sulfide) groups is 1. The molecule has 1 heterocycles. The van der Waals surface area contributed by atoms with Gasteiger partial charge < -0.3 is 15.7 Å². The summed E-state index contributed by atoms with van der Waals surface area (Å²) in [5.74, 6) is 3.45. The highest BCUT2D eigenvalue weighted by atomic mass is 32.2. The summed E-state index contributed by atoms with van der Waals surface area (Å²) in [6, 6.07) is 0.411. The molecule has 2 unspecified atom stereocenters. The Balaban J connectivity index is 2.40. The first-order valence-corrected chi connectivity index (χ1v) is 9.45. The molecule has 0 spiro atoms. The molecule has 1 saturated heterocycles. The molecule has 1 fully saturated rings. The van der Waals surface area contributed by atoms with Crippen molar-refractivity contribution >= 4 is 17.7 Å². The first-order chi connectivity index (χ1) is 9.95. The van der Waals surface area contributed by atoms with E-state index in [1.165, 1.54) is 12.8 Å². The average Bonchev–Trinajstić information content (AvgIpc) is 2.83. The van der Waals surface area contributed by atoms with Crippen LogP contribution in [-0.2, 0) is 0 Å². The number of aliphatic imine (C=N–C) groups is 1. The Labute approximate surface area is 134 Å². The van der Waals surface area contributed by atoms with Gasteiger partial charge in [-0.1, -0.05) is 26.7 Å². The van der Waals surface area contributed by atoms with Crippen LogP contribution in [0.5, 0.6) is 0 Å². The summed E-state index contributed by atoms with van der Waals surface area (Å²) < 4.78 is 0. The molecule has 2 atom stereocenters. The number of nitrogens with one attached hydrogen (secondary N) is 2. The third-order valence-corrected chi connectivity index (χ3v) is 4.99. The van der Waals surface area contributed by atoms with Gasteiger partial charge in [0, 0.05) is 18.3 Å². The Morgan fingerprint density at radius 2 is 2.10 bits per heavy atom. The number of guanidine groups is 1. The van der Waals surface area contributed by atoms with Crippen molar-refractivity contribution in [2.75, 3.05) is 24.6 Å². The van der Waals surface area contributed by atoms with Crippen LogP contribution in [0.3, 0.4) is 0 Å². The fourth-order valence-corrected chi connectivity index (χ4v) is 3.69. The molecule has 3 N–H and O–H groups in total. The van der Waals surface area contributed by atoms with Crippen molar-refractivity contribution in [2.45, 2.75) is 65.0 Å². The van der Waals surface area contributed by atoms with Crippen LogP contribution in [0.4, 0.5) is 0 Å². The molecule has 0 amide bonds. The van der Waals surface area contributed by atoms with Crippen LogP contribution in [0.2, 0.25) is 0 Å². The first kappa shape index (κ1) is 18.6. The Morgan fingerprint density at radius 1 is 1.33 bits per heavy atom. The second-order valence-electron chi connectivity index (χ2n) is 6.59. The summed E-state index contributed by atoms with van der Waals surface area (Å²) >= 11 is 1.81. The van der Waals surface area contributed by atoms with E-state index in [2.05, 4.69) is 43.3 Å². The van der Waals surface area contributed by atoms with E-state index in [0.717, 1.165) is 42.8 Å². The van der Waals surface area contributed by atoms with E-state index in [0.29, 0.717) is 12.6 Å². The predicted octanol–water partition coefficient (Wildman–Crippen LogP) is 2.62. The lowest BCUT2D eigenvalue weighted by Crippen LogP contribution is -2.43. The molecule has 1 aliphatic rings. The van der Waals surface area contributed by atoms with Gasteiger partial charge in [-0.3, -0.25) is 4.99 Å². The third kappa shape index (κ3) is 7.96. The summed E-state index contributed by atoms with van der Waals surface area (Å²) in [5, 5.41) is 17.1. The fourth-order valence-electron chi connectivity index (χ4n) is 2.41. The minimum absolute atomic E-state index is 0.411. The Kier molecular flexibility index (Phi) is 8.49. The van der Waals surface area contributed by atoms with Crippen LogP contribution in [0.25, 0.3) is 0 Å². The molecular formula is C16H33N3OS. The molecule has 0 bridgehead atoms. The van der Waals surface area contributed by atoms with Gasteiger partial charge >= 0.3 is 0 Å². The van der Waals surface area contributed by atoms with Crippen molar-refractivity contribution in [2.24, 2.45) is 10.9 Å². The Morgan fingerprint density at radius 3 is 2.67 bits per heavy atom. The maximum atomic E-state index is 10.4. The van der Waals surface area contributed by atoms with E-state index >= 15 is 0 Å². The topological polar surface area (TPSA) is 56.7 Å². The minimum atomic E-state index is -0.603. The Bertz CT molecular complexity index is 315. The lowest BCUT2D eigenvalue weighted by Gasteiger charge is -2.22. The number of nitrogens with zero attached hydrogens (tertiary/aromatic N) is 1. The van der Waals surface area contributed by atoms with Crippen molar-refractivity contribution < 1.29 is 5.11 Å². The molecule has 0 aromatic rings. The van der Waals surface area contributed by atoms with Crippen LogP contribution in [0, 0.1) is 5.92 Å². The molecule has 4 nitrogen and oxygen atoms in total. The summed E-state index contributed by atoms with van der Waals surface area (Å²) in [4.78, 5) is 4.58. The second kappa shape index (κ2) is 9.57. The van der Waals surface area contributed by atoms with E-state index in [4.69, 9.17) is 0 Å². The van der Waals surface area contributed by atoms with Gasteiger partial charge in [-0.2, -0.15) is 11.8 Å². The minimum Gasteiger partial charge on any atom is -0.387 e. The Hall–Kier alpha value is -0.420. The molecular weight excluding hydrogens is 282 g/mol. The van der Waals surface area contributed by atoms with Crippen molar-refractivity contribution in [1.29, 1.82) is 0 Å². The van der Waals surface area contributed by atoms with Gasteiger partial charge in [-0.25, -0.2) is 0 Å². The monoisotopic (exact) mass is 315 g/mol. The van der Waals surface area contributed by atoms with E-state index in [9.17, 15) is 5.11 Å². The highest BCUT2D eigenvalue weighted by molar-refractivity contribution is 7.99. The smallest absolute Gasteiger partial charge is 0.191 e. The lowest BCUT2D eigenvalue weighted by molar-refractivity contribution is 0.0778. The molecule has 0 aromatic heterocycles. The molecule has 5 heteroatoms. The number of rotatable bonds is 8. The normalized spacial score (nSPS) is 24.4. The lowest BCUT2D eigenvalue weighted by atomic mass is 10.0. The van der Waals surface area contributed by atoms with Gasteiger partial charge in [0.25, 0.3) is 0 Å². The quantitative estimate of drug-likeness (QED) is 0.476. The van der Waals surface area contributed by atoms with Crippen molar-refractivity contribution in [3.05, 3.63) is 0 Å². The number of hydrogen-bond donors (Lipinski definition) is 3. The third-order valence-electron chi connectivity index (χ3n) is 3.76. The maximum absolute atomic E-state index is 10.4. The van der Waals surface area contributed by atoms with Gasteiger partial charge in [0.2, 0.25) is 0 Å². The number of aliphatic hydroxyl groups is 1. The molecule has 1 rings (SSSR count). The van der Waals surface area contributed by atoms with Gasteiger partial charge in [0.1, 0.15) is 0 Å².